The van der Waals surface area contributed by atoms with E-state index in [-0.39, 0.29) is 6.04 Å². The van der Waals surface area contributed by atoms with Crippen LogP contribution in [-0.4, -0.2) is 0 Å². The van der Waals surface area contributed by atoms with Gasteiger partial charge in [0.15, 0.2) is 0 Å². The molecule has 0 spiro atoms. The van der Waals surface area contributed by atoms with Crippen molar-refractivity contribution in [1.82, 2.24) is 5.43 Å². The lowest BCUT2D eigenvalue weighted by Crippen LogP contribution is -2.28. The third-order valence-electron chi connectivity index (χ3n) is 2.70. The van der Waals surface area contributed by atoms with Gasteiger partial charge < -0.3 is 0 Å². The third-order valence-corrected chi connectivity index (χ3v) is 4.34. The topological polar surface area (TPSA) is 38.0 Å². The fourth-order valence-electron chi connectivity index (χ4n) is 1.77. The van der Waals surface area contributed by atoms with Gasteiger partial charge >= 0.3 is 0 Å². The zero-order valence-electron chi connectivity index (χ0n) is 9.61. The average molecular weight is 267 g/mol. The van der Waals surface area contributed by atoms with Crippen LogP contribution < -0.4 is 11.3 Å². The minimum atomic E-state index is -0.0333. The SMILES string of the molecule is CCc1ccc(C(NN)c2ccccc2Cl)s1. The van der Waals surface area contributed by atoms with Crippen LogP contribution in [0, 0.1) is 0 Å². The lowest BCUT2D eigenvalue weighted by molar-refractivity contribution is 0.647. The maximum atomic E-state index is 6.20. The summed E-state index contributed by atoms with van der Waals surface area (Å²) >= 11 is 7.97. The van der Waals surface area contributed by atoms with Crippen molar-refractivity contribution in [3.63, 3.8) is 0 Å². The van der Waals surface area contributed by atoms with Crippen LogP contribution in [0.25, 0.3) is 0 Å². The Morgan fingerprint density at radius 3 is 2.65 bits per heavy atom. The number of rotatable bonds is 4. The van der Waals surface area contributed by atoms with Gasteiger partial charge in [0.2, 0.25) is 0 Å². The minimum Gasteiger partial charge on any atom is -0.271 e. The van der Waals surface area contributed by atoms with Crippen molar-refractivity contribution in [2.45, 2.75) is 19.4 Å². The minimum absolute atomic E-state index is 0.0333. The molecule has 2 aromatic rings. The first-order chi connectivity index (χ1) is 8.26. The van der Waals surface area contributed by atoms with Crippen molar-refractivity contribution in [3.8, 4) is 0 Å². The molecule has 0 saturated heterocycles. The summed E-state index contributed by atoms with van der Waals surface area (Å²) in [5.74, 6) is 5.65. The molecule has 0 fully saturated rings. The van der Waals surface area contributed by atoms with Gasteiger partial charge in [0, 0.05) is 14.8 Å². The molecular formula is C13H15ClN2S. The van der Waals surface area contributed by atoms with E-state index in [2.05, 4.69) is 24.5 Å². The Kier molecular flexibility index (Phi) is 4.18. The van der Waals surface area contributed by atoms with Gasteiger partial charge in [0.1, 0.15) is 0 Å². The molecule has 1 heterocycles. The van der Waals surface area contributed by atoms with Crippen molar-refractivity contribution in [1.29, 1.82) is 0 Å². The molecule has 0 aliphatic rings. The smallest absolute Gasteiger partial charge is 0.0816 e. The van der Waals surface area contributed by atoms with Crippen molar-refractivity contribution >= 4 is 22.9 Å². The largest absolute Gasteiger partial charge is 0.271 e. The molecule has 2 nitrogen and oxygen atoms in total. The number of hydrazine groups is 1. The third kappa shape index (κ3) is 2.69. The molecule has 0 aliphatic heterocycles. The molecule has 0 amide bonds. The number of aryl methyl sites for hydroxylation is 1. The molecule has 0 saturated carbocycles. The molecule has 1 aromatic heterocycles. The summed E-state index contributed by atoms with van der Waals surface area (Å²) in [4.78, 5) is 2.55. The van der Waals surface area contributed by atoms with Gasteiger partial charge in [0.25, 0.3) is 0 Å². The monoisotopic (exact) mass is 266 g/mol. The highest BCUT2D eigenvalue weighted by Crippen LogP contribution is 2.31. The molecule has 1 aromatic carbocycles. The van der Waals surface area contributed by atoms with E-state index in [1.165, 1.54) is 9.75 Å². The highest BCUT2D eigenvalue weighted by Gasteiger charge is 2.16. The summed E-state index contributed by atoms with van der Waals surface area (Å²) in [5, 5.41) is 0.738. The van der Waals surface area contributed by atoms with Crippen LogP contribution in [-0.2, 0) is 6.42 Å². The number of nitrogens with one attached hydrogen (secondary N) is 1. The van der Waals surface area contributed by atoms with Crippen LogP contribution in [0.15, 0.2) is 36.4 Å². The van der Waals surface area contributed by atoms with Crippen LogP contribution in [0.4, 0.5) is 0 Å². The zero-order chi connectivity index (χ0) is 12.3. The molecule has 3 N–H and O–H groups in total. The van der Waals surface area contributed by atoms with Gasteiger partial charge in [-0.25, -0.2) is 5.43 Å². The first-order valence-electron chi connectivity index (χ1n) is 5.55. The lowest BCUT2D eigenvalue weighted by atomic mass is 10.1. The Labute approximate surface area is 110 Å². The van der Waals surface area contributed by atoms with Crippen LogP contribution in [0.3, 0.4) is 0 Å². The van der Waals surface area contributed by atoms with E-state index in [1.807, 2.05) is 24.3 Å². The quantitative estimate of drug-likeness (QED) is 0.656. The predicted molar refractivity (Wildman–Crippen MR) is 74.3 cm³/mol. The number of benzene rings is 1. The van der Waals surface area contributed by atoms with Crippen LogP contribution >= 0.6 is 22.9 Å². The maximum absolute atomic E-state index is 6.20. The fourth-order valence-corrected chi connectivity index (χ4v) is 3.05. The average Bonchev–Trinajstić information content (AvgIpc) is 2.81. The first-order valence-corrected chi connectivity index (χ1v) is 6.75. The van der Waals surface area contributed by atoms with Crippen molar-refractivity contribution in [3.05, 3.63) is 56.7 Å². The lowest BCUT2D eigenvalue weighted by Gasteiger charge is -2.16. The van der Waals surface area contributed by atoms with Gasteiger partial charge in [-0.3, -0.25) is 5.84 Å². The Hall–Kier alpha value is -0.870. The summed E-state index contributed by atoms with van der Waals surface area (Å²) in [7, 11) is 0. The fraction of sp³-hybridized carbons (Fsp3) is 0.231. The summed E-state index contributed by atoms with van der Waals surface area (Å²) in [6.45, 7) is 2.15. The summed E-state index contributed by atoms with van der Waals surface area (Å²) < 4.78 is 0. The Morgan fingerprint density at radius 1 is 1.29 bits per heavy atom. The number of halogens is 1. The van der Waals surface area contributed by atoms with Crippen LogP contribution in [0.1, 0.15) is 28.3 Å². The number of nitrogens with two attached hydrogens (primary N) is 1. The molecule has 4 heteroatoms. The summed E-state index contributed by atoms with van der Waals surface area (Å²) in [6.07, 6.45) is 1.05. The second kappa shape index (κ2) is 5.65. The first kappa shape index (κ1) is 12.6. The van der Waals surface area contributed by atoms with Gasteiger partial charge in [-0.05, 0) is 30.2 Å². The van der Waals surface area contributed by atoms with Crippen LogP contribution in [0.5, 0.6) is 0 Å². The van der Waals surface area contributed by atoms with E-state index in [4.69, 9.17) is 17.4 Å². The number of hydrogen-bond donors (Lipinski definition) is 2. The van der Waals surface area contributed by atoms with E-state index in [0.29, 0.717) is 0 Å². The molecule has 0 radical (unpaired) electrons. The second-order valence-corrected chi connectivity index (χ2v) is 5.39. The summed E-state index contributed by atoms with van der Waals surface area (Å²) in [5.41, 5.74) is 3.85. The molecule has 0 aliphatic carbocycles. The Morgan fingerprint density at radius 2 is 2.06 bits per heavy atom. The molecule has 2 rings (SSSR count). The van der Waals surface area contributed by atoms with Crippen molar-refractivity contribution < 1.29 is 0 Å². The molecule has 1 unspecified atom stereocenters. The molecule has 90 valence electrons. The zero-order valence-corrected chi connectivity index (χ0v) is 11.2. The van der Waals surface area contributed by atoms with Gasteiger partial charge in [-0.15, -0.1) is 11.3 Å². The van der Waals surface area contributed by atoms with Crippen molar-refractivity contribution in [2.24, 2.45) is 5.84 Å². The molecule has 0 bridgehead atoms. The second-order valence-electron chi connectivity index (χ2n) is 3.78. The predicted octanol–water partition coefficient (Wildman–Crippen LogP) is 3.52. The number of hydrogen-bond acceptors (Lipinski definition) is 3. The maximum Gasteiger partial charge on any atom is 0.0816 e. The standard InChI is InChI=1S/C13H15ClN2S/c1-2-9-7-8-12(17-9)13(16-15)10-5-3-4-6-11(10)14/h3-8,13,16H,2,15H2,1H3. The molecular weight excluding hydrogens is 252 g/mol. The number of thiophene rings is 1. The van der Waals surface area contributed by atoms with Crippen molar-refractivity contribution in [2.75, 3.05) is 0 Å². The normalized spacial score (nSPS) is 12.6. The van der Waals surface area contributed by atoms with E-state index in [1.54, 1.807) is 11.3 Å². The van der Waals surface area contributed by atoms with E-state index in [0.717, 1.165) is 17.0 Å². The van der Waals surface area contributed by atoms with E-state index >= 15 is 0 Å². The van der Waals surface area contributed by atoms with E-state index in [9.17, 15) is 0 Å². The Balaban J connectivity index is 2.36. The van der Waals surface area contributed by atoms with Gasteiger partial charge in [-0.1, -0.05) is 36.7 Å². The molecule has 17 heavy (non-hydrogen) atoms. The summed E-state index contributed by atoms with van der Waals surface area (Å²) in [6, 6.07) is 12.0. The van der Waals surface area contributed by atoms with Gasteiger partial charge in [-0.2, -0.15) is 0 Å². The Bertz CT molecular complexity index is 496. The van der Waals surface area contributed by atoms with Gasteiger partial charge in [0.05, 0.1) is 6.04 Å². The highest BCUT2D eigenvalue weighted by molar-refractivity contribution is 7.12. The van der Waals surface area contributed by atoms with E-state index < -0.39 is 0 Å². The highest BCUT2D eigenvalue weighted by atomic mass is 35.5. The molecule has 1 atom stereocenters. The van der Waals surface area contributed by atoms with Crippen LogP contribution in [0.2, 0.25) is 5.02 Å².